The Balaban J connectivity index is 1.38. The van der Waals surface area contributed by atoms with E-state index in [1.54, 1.807) is 25.6 Å². The van der Waals surface area contributed by atoms with Gasteiger partial charge in [0, 0.05) is 31.2 Å². The lowest BCUT2D eigenvalue weighted by Gasteiger charge is -2.57. The Morgan fingerprint density at radius 1 is 1.08 bits per heavy atom. The van der Waals surface area contributed by atoms with Crippen molar-refractivity contribution < 1.29 is 17.9 Å². The van der Waals surface area contributed by atoms with E-state index in [0.717, 1.165) is 65.7 Å². The minimum atomic E-state index is -4.37. The summed E-state index contributed by atoms with van der Waals surface area (Å²) in [5.74, 6) is 1.56. The lowest BCUT2D eigenvalue weighted by atomic mass is 9.70. The van der Waals surface area contributed by atoms with Crippen molar-refractivity contribution in [3.05, 3.63) is 82.9 Å². The van der Waals surface area contributed by atoms with Crippen LogP contribution in [0.15, 0.2) is 65.7 Å². The van der Waals surface area contributed by atoms with E-state index in [1.807, 2.05) is 29.8 Å². The van der Waals surface area contributed by atoms with E-state index in [0.29, 0.717) is 6.54 Å². The Morgan fingerprint density at radius 3 is 2.46 bits per heavy atom. The van der Waals surface area contributed by atoms with Crippen molar-refractivity contribution in [3.63, 3.8) is 0 Å². The number of imidazole rings is 1. The van der Waals surface area contributed by atoms with Gasteiger partial charge in [0.25, 0.3) is 0 Å². The Morgan fingerprint density at radius 2 is 1.85 bits per heavy atom. The highest BCUT2D eigenvalue weighted by atomic mass is 19.4. The highest BCUT2D eigenvalue weighted by molar-refractivity contribution is 6.04. The first-order chi connectivity index (χ1) is 18.6. The number of alkyl halides is 3. The van der Waals surface area contributed by atoms with Crippen LogP contribution in [0.2, 0.25) is 0 Å². The minimum Gasteiger partial charge on any atom is -0.495 e. The van der Waals surface area contributed by atoms with E-state index in [1.165, 1.54) is 12.1 Å². The van der Waals surface area contributed by atoms with E-state index in [9.17, 15) is 13.2 Å². The maximum atomic E-state index is 13.2. The molecule has 4 heterocycles. The SMILES string of the molecule is COc1cc(/C=C2\CC3(CNC3)CN3C2=NNCC3(C)c2ccc(C(F)(F)F)cc2)ccc1-n1cnc(C)c1. The number of piperidine rings is 1. The Labute approximate surface area is 225 Å². The van der Waals surface area contributed by atoms with E-state index in [-0.39, 0.29) is 5.41 Å². The molecule has 0 radical (unpaired) electrons. The lowest BCUT2D eigenvalue weighted by Crippen LogP contribution is -2.68. The summed E-state index contributed by atoms with van der Waals surface area (Å²) < 4.78 is 47.4. The van der Waals surface area contributed by atoms with E-state index in [2.05, 4.69) is 39.7 Å². The predicted octanol–water partition coefficient (Wildman–Crippen LogP) is 4.72. The first kappa shape index (κ1) is 25.5. The van der Waals surface area contributed by atoms with Crippen LogP contribution in [-0.2, 0) is 11.7 Å². The van der Waals surface area contributed by atoms with Gasteiger partial charge in [-0.3, -0.25) is 0 Å². The number of aryl methyl sites for hydroxylation is 1. The molecule has 1 aromatic heterocycles. The summed E-state index contributed by atoms with van der Waals surface area (Å²) in [5, 5.41) is 8.15. The molecule has 204 valence electrons. The number of fused-ring (bicyclic) bond motifs is 1. The fraction of sp³-hybridized carbons (Fsp3) is 0.379. The number of nitrogens with zero attached hydrogens (tertiary/aromatic N) is 4. The molecule has 2 N–H and O–H groups in total. The monoisotopic (exact) mass is 536 g/mol. The molecule has 0 aliphatic carbocycles. The second-order valence-corrected chi connectivity index (χ2v) is 11.0. The highest BCUT2D eigenvalue weighted by Crippen LogP contribution is 2.45. The van der Waals surface area contributed by atoms with Crippen molar-refractivity contribution in [1.82, 2.24) is 25.2 Å². The molecule has 2 fully saturated rings. The van der Waals surface area contributed by atoms with Gasteiger partial charge in [-0.05, 0) is 67.3 Å². The van der Waals surface area contributed by atoms with Crippen LogP contribution in [0.25, 0.3) is 11.8 Å². The molecule has 2 saturated heterocycles. The molecule has 0 amide bonds. The average Bonchev–Trinajstić information content (AvgIpc) is 3.33. The topological polar surface area (TPSA) is 66.7 Å². The number of hydrogen-bond donors (Lipinski definition) is 2. The van der Waals surface area contributed by atoms with Crippen molar-refractivity contribution >= 4 is 11.9 Å². The van der Waals surface area contributed by atoms with Crippen LogP contribution in [0.4, 0.5) is 13.2 Å². The summed E-state index contributed by atoms with van der Waals surface area (Å²) in [6.45, 7) is 7.05. The second-order valence-electron chi connectivity index (χ2n) is 11.0. The summed E-state index contributed by atoms with van der Waals surface area (Å²) >= 11 is 0. The number of benzene rings is 2. The summed E-state index contributed by atoms with van der Waals surface area (Å²) in [7, 11) is 1.65. The molecule has 3 aliphatic heterocycles. The van der Waals surface area contributed by atoms with Gasteiger partial charge in [-0.1, -0.05) is 18.2 Å². The largest absolute Gasteiger partial charge is 0.495 e. The van der Waals surface area contributed by atoms with Gasteiger partial charge in [-0.15, -0.1) is 0 Å². The van der Waals surface area contributed by atoms with Crippen molar-refractivity contribution in [2.45, 2.75) is 32.0 Å². The number of nitrogens with one attached hydrogen (secondary N) is 2. The quantitative estimate of drug-likeness (QED) is 0.505. The molecule has 7 nitrogen and oxygen atoms in total. The van der Waals surface area contributed by atoms with Gasteiger partial charge in [0.1, 0.15) is 5.75 Å². The molecule has 1 spiro atoms. The number of methoxy groups -OCH3 is 1. The zero-order valence-electron chi connectivity index (χ0n) is 22.1. The lowest BCUT2D eigenvalue weighted by molar-refractivity contribution is -0.137. The van der Waals surface area contributed by atoms with Crippen LogP contribution < -0.4 is 15.5 Å². The Bertz CT molecular complexity index is 1450. The Hall–Kier alpha value is -3.79. The molecule has 0 bridgehead atoms. The molecule has 10 heteroatoms. The summed E-state index contributed by atoms with van der Waals surface area (Å²) in [6, 6.07) is 11.6. The van der Waals surface area contributed by atoms with Gasteiger partial charge >= 0.3 is 6.18 Å². The predicted molar refractivity (Wildman–Crippen MR) is 144 cm³/mol. The zero-order valence-corrected chi connectivity index (χ0v) is 22.1. The second kappa shape index (κ2) is 9.15. The highest BCUT2D eigenvalue weighted by Gasteiger charge is 2.51. The maximum absolute atomic E-state index is 13.2. The number of hydrogen-bond acceptors (Lipinski definition) is 6. The molecule has 1 unspecified atom stereocenters. The summed E-state index contributed by atoms with van der Waals surface area (Å²) in [5.41, 5.74) is 6.72. The van der Waals surface area contributed by atoms with Crippen LogP contribution in [0.5, 0.6) is 5.75 Å². The van der Waals surface area contributed by atoms with Crippen LogP contribution in [0.1, 0.15) is 35.7 Å². The van der Waals surface area contributed by atoms with Gasteiger partial charge in [0.2, 0.25) is 0 Å². The third kappa shape index (κ3) is 4.46. The fourth-order valence-corrected chi connectivity index (χ4v) is 5.89. The standard InChI is InChI=1S/C29H31F3N6O/c1-19-13-37(18-34-19)24-9-4-20(11-25(24)39-3)10-21-12-28(15-33-16-28)17-38-26(21)36-35-14-27(38,2)22-5-7-23(8-6-22)29(30,31)32/h4-11,13,18,33,35H,12,14-17H2,1-3H3/b21-10+. The molecule has 1 atom stereocenters. The number of halogens is 3. The molecule has 3 aliphatic rings. The Kier molecular flexibility index (Phi) is 5.98. The van der Waals surface area contributed by atoms with Crippen molar-refractivity contribution in [3.8, 4) is 11.4 Å². The first-order valence-electron chi connectivity index (χ1n) is 13.0. The van der Waals surface area contributed by atoms with Crippen LogP contribution >= 0.6 is 0 Å². The van der Waals surface area contributed by atoms with Gasteiger partial charge in [0.15, 0.2) is 5.84 Å². The smallest absolute Gasteiger partial charge is 0.416 e. The van der Waals surface area contributed by atoms with Gasteiger partial charge in [-0.2, -0.15) is 18.3 Å². The molecular formula is C29H31F3N6O. The molecule has 3 aromatic rings. The number of amidine groups is 1. The number of hydrazone groups is 1. The summed E-state index contributed by atoms with van der Waals surface area (Å²) in [6.07, 6.45) is 2.35. The van der Waals surface area contributed by atoms with Crippen LogP contribution in [0.3, 0.4) is 0 Å². The van der Waals surface area contributed by atoms with Gasteiger partial charge in [0.05, 0.1) is 42.5 Å². The summed E-state index contributed by atoms with van der Waals surface area (Å²) in [4.78, 5) is 6.60. The van der Waals surface area contributed by atoms with E-state index in [4.69, 9.17) is 9.84 Å². The van der Waals surface area contributed by atoms with E-state index >= 15 is 0 Å². The average molecular weight is 537 g/mol. The third-order valence-electron chi connectivity index (χ3n) is 8.17. The third-order valence-corrected chi connectivity index (χ3v) is 8.17. The van der Waals surface area contributed by atoms with Crippen molar-refractivity contribution in [1.29, 1.82) is 0 Å². The number of aromatic nitrogens is 2. The van der Waals surface area contributed by atoms with Crippen LogP contribution in [-0.4, -0.2) is 53.6 Å². The molecule has 2 aromatic carbocycles. The molecule has 0 saturated carbocycles. The molecule has 39 heavy (non-hydrogen) atoms. The molecular weight excluding hydrogens is 505 g/mol. The fourth-order valence-electron chi connectivity index (χ4n) is 5.89. The number of ether oxygens (including phenoxy) is 1. The van der Waals surface area contributed by atoms with Gasteiger partial charge in [-0.25, -0.2) is 4.98 Å². The number of rotatable bonds is 4. The van der Waals surface area contributed by atoms with Crippen molar-refractivity contribution in [2.24, 2.45) is 10.5 Å². The van der Waals surface area contributed by atoms with Crippen LogP contribution in [0, 0.1) is 12.3 Å². The maximum Gasteiger partial charge on any atom is 0.416 e. The normalized spacial score (nSPS) is 23.2. The van der Waals surface area contributed by atoms with Gasteiger partial charge < -0.3 is 24.9 Å². The zero-order chi connectivity index (χ0) is 27.4. The first-order valence-corrected chi connectivity index (χ1v) is 13.0. The minimum absolute atomic E-state index is 0.0354. The van der Waals surface area contributed by atoms with E-state index < -0.39 is 17.3 Å². The van der Waals surface area contributed by atoms with Crippen molar-refractivity contribution in [2.75, 3.05) is 33.3 Å². The molecule has 6 rings (SSSR count).